The average molecular weight is 454 g/mol. The smallest absolute Gasteiger partial charge is 0.259 e. The second-order valence-electron chi connectivity index (χ2n) is 8.62. The van der Waals surface area contributed by atoms with E-state index in [9.17, 15) is 22.4 Å². The number of hydrogen-bond donors (Lipinski definition) is 1. The molecule has 5 nitrogen and oxygen atoms in total. The van der Waals surface area contributed by atoms with Gasteiger partial charge in [0.15, 0.2) is 17.5 Å². The summed E-state index contributed by atoms with van der Waals surface area (Å²) in [6.45, 7) is 0. The second-order valence-corrected chi connectivity index (χ2v) is 8.62. The number of halogens is 4. The number of fused-ring (bicyclic) bond motifs is 5. The lowest BCUT2D eigenvalue weighted by atomic mass is 9.93. The fraction of sp³-hybridized carbons (Fsp3) is 0.250. The summed E-state index contributed by atoms with van der Waals surface area (Å²) in [4.78, 5) is 18.2. The van der Waals surface area contributed by atoms with Gasteiger partial charge in [0.2, 0.25) is 0 Å². The highest BCUT2D eigenvalue weighted by molar-refractivity contribution is 6.06. The molecule has 2 aliphatic rings. The molecule has 2 aromatic carbocycles. The van der Waals surface area contributed by atoms with Crippen LogP contribution in [0.25, 0.3) is 22.2 Å². The number of nitrogens with one attached hydrogen (secondary N) is 1. The number of aromatic amines is 1. The summed E-state index contributed by atoms with van der Waals surface area (Å²) in [5.74, 6) is -5.08. The number of benzene rings is 2. The first-order valence-electron chi connectivity index (χ1n) is 10.6. The van der Waals surface area contributed by atoms with Crippen molar-refractivity contribution < 1.29 is 22.4 Å². The maximum absolute atomic E-state index is 14.8. The van der Waals surface area contributed by atoms with Crippen LogP contribution in [0.3, 0.4) is 0 Å². The molecule has 1 fully saturated rings. The summed E-state index contributed by atoms with van der Waals surface area (Å²) in [7, 11) is 1.64. The maximum Gasteiger partial charge on any atom is 0.259 e. The van der Waals surface area contributed by atoms with Crippen LogP contribution in [0.5, 0.6) is 0 Å². The Morgan fingerprint density at radius 1 is 1.06 bits per heavy atom. The molecule has 0 radical (unpaired) electrons. The molecule has 1 saturated heterocycles. The van der Waals surface area contributed by atoms with Gasteiger partial charge in [-0.15, -0.1) is 0 Å². The third kappa shape index (κ3) is 2.77. The van der Waals surface area contributed by atoms with Crippen LogP contribution in [0.1, 0.15) is 40.5 Å². The highest BCUT2D eigenvalue weighted by atomic mass is 19.2. The van der Waals surface area contributed by atoms with Gasteiger partial charge < -0.3 is 9.88 Å². The molecule has 168 valence electrons. The van der Waals surface area contributed by atoms with Crippen LogP contribution in [0.4, 0.5) is 17.6 Å². The van der Waals surface area contributed by atoms with Gasteiger partial charge in [-0.2, -0.15) is 5.10 Å². The quantitative estimate of drug-likeness (QED) is 0.341. The van der Waals surface area contributed by atoms with Crippen molar-refractivity contribution in [3.63, 3.8) is 0 Å². The molecule has 0 saturated carbocycles. The molecule has 0 aliphatic carbocycles. The minimum absolute atomic E-state index is 0.00307. The Morgan fingerprint density at radius 3 is 2.58 bits per heavy atom. The molecule has 9 heteroatoms. The molecule has 1 N–H and O–H groups in total. The summed E-state index contributed by atoms with van der Waals surface area (Å²) in [6, 6.07) is 6.00. The lowest BCUT2D eigenvalue weighted by Crippen LogP contribution is -2.42. The average Bonchev–Trinajstić information content (AvgIpc) is 3.46. The van der Waals surface area contributed by atoms with Crippen LogP contribution in [-0.2, 0) is 13.5 Å². The van der Waals surface area contributed by atoms with Gasteiger partial charge in [-0.25, -0.2) is 17.6 Å². The van der Waals surface area contributed by atoms with Crippen LogP contribution in [0.2, 0.25) is 0 Å². The van der Waals surface area contributed by atoms with Crippen molar-refractivity contribution in [1.29, 1.82) is 0 Å². The van der Waals surface area contributed by atoms with E-state index < -0.39 is 29.2 Å². The Morgan fingerprint density at radius 2 is 1.82 bits per heavy atom. The molecule has 1 amide bonds. The summed E-state index contributed by atoms with van der Waals surface area (Å²) in [6.07, 6.45) is 3.41. The fourth-order valence-corrected chi connectivity index (χ4v) is 5.45. The first-order chi connectivity index (χ1) is 15.8. The van der Waals surface area contributed by atoms with Crippen molar-refractivity contribution in [3.8, 4) is 11.3 Å². The lowest BCUT2D eigenvalue weighted by Gasteiger charge is -2.34. The standard InChI is InChI=1S/C24H18F4N4O/c1-31-23(12-8-16(26)20(28)17(27)9-12)14-10-13-3-5-18(22(14)30-31)32(13)24(33)19-15(25)4-2-11-6-7-29-21(11)19/h2,4,6-9,13,18,29H,3,5,10H2,1H3. The summed E-state index contributed by atoms with van der Waals surface area (Å²) in [5, 5.41) is 5.31. The van der Waals surface area contributed by atoms with Gasteiger partial charge in [0.05, 0.1) is 28.5 Å². The van der Waals surface area contributed by atoms with Gasteiger partial charge in [0, 0.05) is 35.8 Å². The van der Waals surface area contributed by atoms with Gasteiger partial charge in [-0.1, -0.05) is 0 Å². The summed E-state index contributed by atoms with van der Waals surface area (Å²) >= 11 is 0. The van der Waals surface area contributed by atoms with Crippen LogP contribution < -0.4 is 0 Å². The number of H-pyrrole nitrogens is 1. The van der Waals surface area contributed by atoms with E-state index in [0.29, 0.717) is 36.2 Å². The van der Waals surface area contributed by atoms with E-state index in [-0.39, 0.29) is 23.2 Å². The minimum atomic E-state index is -1.52. The van der Waals surface area contributed by atoms with E-state index >= 15 is 0 Å². The minimum Gasteiger partial charge on any atom is -0.360 e. The Bertz CT molecular complexity index is 1430. The van der Waals surface area contributed by atoms with Crippen LogP contribution >= 0.6 is 0 Å². The Labute approximate surface area is 185 Å². The Hall–Kier alpha value is -3.62. The molecule has 2 unspecified atom stereocenters. The molecule has 2 atom stereocenters. The van der Waals surface area contributed by atoms with E-state index in [0.717, 1.165) is 23.1 Å². The second kappa shape index (κ2) is 6.94. The molecule has 2 aliphatic heterocycles. The number of carbonyl (C=O) groups excluding carboxylic acids is 1. The topological polar surface area (TPSA) is 53.9 Å². The van der Waals surface area contributed by atoms with E-state index in [2.05, 4.69) is 10.1 Å². The highest BCUT2D eigenvalue weighted by Gasteiger charge is 2.46. The SMILES string of the molecule is Cn1nc2c(c1-c1cc(F)c(F)c(F)c1)CC1CCC2N1C(=O)c1c(F)ccc2cc[nH]c12. The van der Waals surface area contributed by atoms with Crippen molar-refractivity contribution in [2.45, 2.75) is 31.3 Å². The van der Waals surface area contributed by atoms with Gasteiger partial charge >= 0.3 is 0 Å². The zero-order valence-electron chi connectivity index (χ0n) is 17.5. The maximum atomic E-state index is 14.8. The highest BCUT2D eigenvalue weighted by Crippen LogP contribution is 2.47. The monoisotopic (exact) mass is 454 g/mol. The number of nitrogens with zero attached hydrogens (tertiary/aromatic N) is 3. The van der Waals surface area contributed by atoms with Gasteiger partial charge in [0.25, 0.3) is 5.91 Å². The number of aryl methyl sites for hydroxylation is 1. The Kier molecular flexibility index (Phi) is 4.21. The summed E-state index contributed by atoms with van der Waals surface area (Å²) in [5.41, 5.74) is 2.52. The lowest BCUT2D eigenvalue weighted by molar-refractivity contribution is 0.0639. The van der Waals surface area contributed by atoms with Gasteiger partial charge in [0.1, 0.15) is 5.82 Å². The Balaban J connectivity index is 1.45. The van der Waals surface area contributed by atoms with Crippen molar-refractivity contribution >= 4 is 16.8 Å². The van der Waals surface area contributed by atoms with Crippen molar-refractivity contribution in [2.75, 3.05) is 0 Å². The molecule has 4 heterocycles. The molecule has 2 bridgehead atoms. The predicted octanol–water partition coefficient (Wildman–Crippen LogP) is 5.03. The van der Waals surface area contributed by atoms with Crippen LogP contribution in [0, 0.1) is 23.3 Å². The largest absolute Gasteiger partial charge is 0.360 e. The number of carbonyl (C=O) groups is 1. The number of hydrogen-bond acceptors (Lipinski definition) is 2. The van der Waals surface area contributed by atoms with Crippen LogP contribution in [0.15, 0.2) is 36.5 Å². The van der Waals surface area contributed by atoms with Crippen molar-refractivity contribution in [1.82, 2.24) is 19.7 Å². The van der Waals surface area contributed by atoms with Crippen molar-refractivity contribution in [3.05, 3.63) is 76.6 Å². The molecular weight excluding hydrogens is 436 g/mol. The first-order valence-corrected chi connectivity index (χ1v) is 10.6. The zero-order chi connectivity index (χ0) is 23.0. The third-order valence-corrected chi connectivity index (χ3v) is 6.82. The number of aromatic nitrogens is 3. The van der Waals surface area contributed by atoms with E-state index in [1.165, 1.54) is 10.7 Å². The van der Waals surface area contributed by atoms with E-state index in [1.54, 1.807) is 30.3 Å². The zero-order valence-corrected chi connectivity index (χ0v) is 17.5. The first kappa shape index (κ1) is 20.0. The van der Waals surface area contributed by atoms with E-state index in [1.807, 2.05) is 0 Å². The van der Waals surface area contributed by atoms with E-state index in [4.69, 9.17) is 0 Å². The molecular formula is C24H18F4N4O. The molecule has 6 rings (SSSR count). The number of amides is 1. The predicted molar refractivity (Wildman–Crippen MR) is 112 cm³/mol. The van der Waals surface area contributed by atoms with Crippen LogP contribution in [-0.4, -0.2) is 31.6 Å². The van der Waals surface area contributed by atoms with Gasteiger partial charge in [-0.3, -0.25) is 9.48 Å². The molecule has 2 aromatic heterocycles. The molecule has 4 aromatic rings. The van der Waals surface area contributed by atoms with Crippen molar-refractivity contribution in [2.24, 2.45) is 7.05 Å². The molecule has 33 heavy (non-hydrogen) atoms. The normalized spacial score (nSPS) is 19.4. The summed E-state index contributed by atoms with van der Waals surface area (Å²) < 4.78 is 57.6. The third-order valence-electron chi connectivity index (χ3n) is 6.82. The molecule has 0 spiro atoms. The van der Waals surface area contributed by atoms with Gasteiger partial charge in [-0.05, 0) is 49.6 Å². The fourth-order valence-electron chi connectivity index (χ4n) is 5.45. The number of rotatable bonds is 2.